The Labute approximate surface area is 196 Å². The lowest BCUT2D eigenvalue weighted by Crippen LogP contribution is -2.48. The maximum Gasteiger partial charge on any atom is 0.508 e. The van der Waals surface area contributed by atoms with Crippen LogP contribution in [0.3, 0.4) is 0 Å². The van der Waals surface area contributed by atoms with E-state index in [-0.39, 0.29) is 35.4 Å². The van der Waals surface area contributed by atoms with Gasteiger partial charge in [-0.3, -0.25) is 4.57 Å². The molecule has 0 spiro atoms. The van der Waals surface area contributed by atoms with Crippen LogP contribution in [0.5, 0.6) is 0 Å². The van der Waals surface area contributed by atoms with Crippen LogP contribution in [0.4, 0.5) is 15.0 Å². The zero-order valence-corrected chi connectivity index (χ0v) is 19.2. The first-order chi connectivity index (χ1) is 16.2. The van der Waals surface area contributed by atoms with Gasteiger partial charge in [-0.25, -0.2) is 9.78 Å². The summed E-state index contributed by atoms with van der Waals surface area (Å²) in [7, 11) is 0. The van der Waals surface area contributed by atoms with Crippen molar-refractivity contribution in [3.05, 3.63) is 12.4 Å². The van der Waals surface area contributed by atoms with Crippen molar-refractivity contribution in [1.82, 2.24) is 19.5 Å². The average molecular weight is 476 g/mol. The number of hydrogen-bond acceptors (Lipinski definition) is 9. The fourth-order valence-corrected chi connectivity index (χ4v) is 7.22. The molecule has 1 aliphatic heterocycles. The standard InChI is InChI=1S/C23H30FN5O5/c1-22(9-32-21(31)33-10-23-6-12-2-13(7-23)4-14(3-12)8-23)15(30)5-16(34-22)29-11-26-17-18(25)27-20(24)28-19(17)29/h11-16,30H,2-10H2,1H3,(H2,25,27,28)/t12?,13?,14?,15-,16+,22+,23?/m0/s1. The molecule has 4 saturated carbocycles. The number of aliphatic hydroxyl groups excluding tert-OH is 1. The third-order valence-corrected chi connectivity index (χ3v) is 8.40. The van der Waals surface area contributed by atoms with Gasteiger partial charge in [-0.05, 0) is 63.2 Å². The van der Waals surface area contributed by atoms with Crippen molar-refractivity contribution in [2.75, 3.05) is 18.9 Å². The third kappa shape index (κ3) is 3.69. The highest BCUT2D eigenvalue weighted by Gasteiger charge is 2.52. The Bertz CT molecular complexity index is 1090. The van der Waals surface area contributed by atoms with E-state index in [4.69, 9.17) is 19.9 Å². The van der Waals surface area contributed by atoms with Crippen LogP contribution in [-0.4, -0.2) is 55.7 Å². The van der Waals surface area contributed by atoms with Crippen LogP contribution in [-0.2, 0) is 14.2 Å². The van der Waals surface area contributed by atoms with Crippen molar-refractivity contribution in [2.45, 2.75) is 69.8 Å². The molecule has 34 heavy (non-hydrogen) atoms. The summed E-state index contributed by atoms with van der Waals surface area (Å²) in [5, 5.41) is 10.7. The molecule has 5 fully saturated rings. The van der Waals surface area contributed by atoms with E-state index in [1.165, 1.54) is 30.2 Å². The average Bonchev–Trinajstić information content (AvgIpc) is 3.31. The summed E-state index contributed by atoms with van der Waals surface area (Å²) in [5.74, 6) is 2.25. The first-order valence-corrected chi connectivity index (χ1v) is 12.0. The molecule has 2 aromatic heterocycles. The lowest BCUT2D eigenvalue weighted by atomic mass is 9.50. The molecular formula is C23H30FN5O5. The number of rotatable bonds is 5. The third-order valence-electron chi connectivity index (χ3n) is 8.40. The molecular weight excluding hydrogens is 445 g/mol. The summed E-state index contributed by atoms with van der Waals surface area (Å²) in [6, 6.07) is 0. The van der Waals surface area contributed by atoms with Gasteiger partial charge in [-0.1, -0.05) is 0 Å². The van der Waals surface area contributed by atoms with E-state index in [0.29, 0.717) is 6.61 Å². The van der Waals surface area contributed by atoms with Crippen LogP contribution >= 0.6 is 0 Å². The summed E-state index contributed by atoms with van der Waals surface area (Å²) >= 11 is 0. The monoisotopic (exact) mass is 475 g/mol. The minimum absolute atomic E-state index is 0.0762. The predicted octanol–water partition coefficient (Wildman–Crippen LogP) is 2.96. The molecule has 4 bridgehead atoms. The summed E-state index contributed by atoms with van der Waals surface area (Å²) in [6.07, 6.45) is 5.66. The van der Waals surface area contributed by atoms with Crippen LogP contribution in [0.15, 0.2) is 6.33 Å². The molecule has 5 aliphatic rings. The molecule has 7 rings (SSSR count). The van der Waals surface area contributed by atoms with E-state index in [1.807, 2.05) is 0 Å². The van der Waals surface area contributed by atoms with Crippen molar-refractivity contribution in [3.8, 4) is 0 Å². The van der Waals surface area contributed by atoms with E-state index in [9.17, 15) is 14.3 Å². The highest BCUT2D eigenvalue weighted by atomic mass is 19.1. The predicted molar refractivity (Wildman–Crippen MR) is 117 cm³/mol. The van der Waals surface area contributed by atoms with Gasteiger partial charge in [-0.15, -0.1) is 0 Å². The first-order valence-electron chi connectivity index (χ1n) is 12.0. The molecule has 3 atom stereocenters. The van der Waals surface area contributed by atoms with Crippen molar-refractivity contribution in [1.29, 1.82) is 0 Å². The number of ether oxygens (including phenoxy) is 3. The fraction of sp³-hybridized carbons (Fsp3) is 0.739. The van der Waals surface area contributed by atoms with Gasteiger partial charge in [0.05, 0.1) is 12.4 Å². The van der Waals surface area contributed by atoms with E-state index < -0.39 is 30.2 Å². The minimum atomic E-state index is -1.17. The van der Waals surface area contributed by atoms with Gasteiger partial charge < -0.3 is 25.1 Å². The normalized spacial score (nSPS) is 38.5. The molecule has 0 unspecified atom stereocenters. The van der Waals surface area contributed by atoms with Crippen LogP contribution in [0.25, 0.3) is 11.2 Å². The molecule has 0 radical (unpaired) electrons. The topological polar surface area (TPSA) is 135 Å². The van der Waals surface area contributed by atoms with Gasteiger partial charge in [0.25, 0.3) is 0 Å². The summed E-state index contributed by atoms with van der Waals surface area (Å²) in [6.45, 7) is 1.88. The number of carbonyl (C=O) groups excluding carboxylic acids is 1. The van der Waals surface area contributed by atoms with Crippen LogP contribution in [0.2, 0.25) is 0 Å². The minimum Gasteiger partial charge on any atom is -0.434 e. The molecule has 184 valence electrons. The zero-order valence-electron chi connectivity index (χ0n) is 19.2. The van der Waals surface area contributed by atoms with E-state index in [1.54, 1.807) is 6.92 Å². The molecule has 10 nitrogen and oxygen atoms in total. The first kappa shape index (κ1) is 22.0. The summed E-state index contributed by atoms with van der Waals surface area (Å²) in [4.78, 5) is 23.8. The molecule has 0 amide bonds. The Kier molecular flexibility index (Phi) is 5.00. The molecule has 2 aromatic rings. The fourth-order valence-electron chi connectivity index (χ4n) is 7.22. The maximum atomic E-state index is 13.7. The van der Waals surface area contributed by atoms with Gasteiger partial charge >= 0.3 is 12.2 Å². The molecule has 4 aliphatic carbocycles. The van der Waals surface area contributed by atoms with Gasteiger partial charge in [0, 0.05) is 11.8 Å². The second-order valence-corrected chi connectivity index (χ2v) is 11.1. The molecule has 1 saturated heterocycles. The zero-order chi connectivity index (χ0) is 23.7. The molecule has 0 aromatic carbocycles. The van der Waals surface area contributed by atoms with Gasteiger partial charge in [0.15, 0.2) is 17.0 Å². The van der Waals surface area contributed by atoms with Gasteiger partial charge in [0.2, 0.25) is 0 Å². The Morgan fingerprint density at radius 1 is 1.18 bits per heavy atom. The van der Waals surface area contributed by atoms with E-state index in [2.05, 4.69) is 15.0 Å². The highest BCUT2D eigenvalue weighted by molar-refractivity contribution is 5.81. The number of imidazole rings is 1. The Hall–Kier alpha value is -2.53. The maximum absolute atomic E-state index is 13.7. The Morgan fingerprint density at radius 2 is 1.82 bits per heavy atom. The number of carbonyl (C=O) groups is 1. The SMILES string of the molecule is C[C@]1(COC(=O)OCC23CC4CC(CC(C4)C2)C3)O[C@@H](n2cnc3c(N)nc(F)nc32)C[C@@H]1O. The van der Waals surface area contributed by atoms with Crippen molar-refractivity contribution >= 4 is 23.1 Å². The van der Waals surface area contributed by atoms with Gasteiger partial charge in [-0.2, -0.15) is 14.4 Å². The number of fused-ring (bicyclic) bond motifs is 1. The summed E-state index contributed by atoms with van der Waals surface area (Å²) < 4.78 is 32.2. The number of nitrogen functional groups attached to an aromatic ring is 1. The number of aliphatic hydroxyl groups is 1. The number of nitrogens with zero attached hydrogens (tertiary/aromatic N) is 4. The van der Waals surface area contributed by atoms with Crippen LogP contribution in [0, 0.1) is 29.2 Å². The molecule has 3 N–H and O–H groups in total. The highest BCUT2D eigenvalue weighted by Crippen LogP contribution is 2.60. The number of hydrogen-bond donors (Lipinski definition) is 2. The number of aromatic nitrogens is 4. The Morgan fingerprint density at radius 3 is 2.50 bits per heavy atom. The number of anilines is 1. The van der Waals surface area contributed by atoms with Crippen LogP contribution in [0.1, 0.15) is 58.1 Å². The van der Waals surface area contributed by atoms with Crippen molar-refractivity contribution < 1.29 is 28.5 Å². The van der Waals surface area contributed by atoms with E-state index >= 15 is 0 Å². The molecule has 11 heteroatoms. The van der Waals surface area contributed by atoms with Crippen molar-refractivity contribution in [2.24, 2.45) is 23.2 Å². The second-order valence-electron chi connectivity index (χ2n) is 11.1. The lowest BCUT2D eigenvalue weighted by molar-refractivity contribution is -0.128. The second kappa shape index (κ2) is 7.74. The largest absolute Gasteiger partial charge is 0.508 e. The number of halogens is 1. The summed E-state index contributed by atoms with van der Waals surface area (Å²) in [5.41, 5.74) is 5.08. The number of nitrogens with two attached hydrogens (primary N) is 1. The quantitative estimate of drug-likeness (QED) is 0.494. The van der Waals surface area contributed by atoms with E-state index in [0.717, 1.165) is 37.0 Å². The smallest absolute Gasteiger partial charge is 0.434 e. The van der Waals surface area contributed by atoms with Crippen LogP contribution < -0.4 is 5.73 Å². The van der Waals surface area contributed by atoms with Crippen molar-refractivity contribution in [3.63, 3.8) is 0 Å². The molecule has 3 heterocycles. The van der Waals surface area contributed by atoms with Gasteiger partial charge in [0.1, 0.15) is 25.0 Å². The Balaban J connectivity index is 1.07. The lowest BCUT2D eigenvalue weighted by Gasteiger charge is -2.56.